The van der Waals surface area contributed by atoms with Gasteiger partial charge >= 0.3 is 5.97 Å². The van der Waals surface area contributed by atoms with Crippen LogP contribution in [-0.4, -0.2) is 24.1 Å². The van der Waals surface area contributed by atoms with Crippen LogP contribution in [0.2, 0.25) is 0 Å². The van der Waals surface area contributed by atoms with Gasteiger partial charge in [0, 0.05) is 11.7 Å². The summed E-state index contributed by atoms with van der Waals surface area (Å²) in [6.45, 7) is 4.39. The predicted octanol–water partition coefficient (Wildman–Crippen LogP) is 2.47. The first kappa shape index (κ1) is 11.8. The van der Waals surface area contributed by atoms with Gasteiger partial charge in [-0.25, -0.2) is 0 Å². The molecule has 0 N–H and O–H groups in total. The van der Waals surface area contributed by atoms with E-state index in [4.69, 9.17) is 0 Å². The molecule has 0 aliphatic carbocycles. The molecule has 72 valence electrons. The van der Waals surface area contributed by atoms with Gasteiger partial charge in [-0.1, -0.05) is 13.8 Å². The molecule has 12 heavy (non-hydrogen) atoms. The second-order valence-corrected chi connectivity index (χ2v) is 4.32. The van der Waals surface area contributed by atoms with Gasteiger partial charge in [0.1, 0.15) is 0 Å². The molecule has 0 spiro atoms. The fourth-order valence-electron chi connectivity index (χ4n) is 0.721. The molecule has 0 aromatic heterocycles. The Hall–Kier alpha value is -0.180. The molecule has 0 aromatic rings. The molecule has 0 amide bonds. The molecule has 0 heterocycles. The summed E-state index contributed by atoms with van der Waals surface area (Å²) >= 11 is 1.92. The first-order chi connectivity index (χ1) is 5.70. The van der Waals surface area contributed by atoms with Crippen LogP contribution in [0.1, 0.15) is 33.1 Å². The standard InChI is InChI=1S/C9H18O2S/c1-4-8(2)12-7-5-6-9(10)11-3/h8H,4-7H2,1-3H3. The lowest BCUT2D eigenvalue weighted by atomic mass is 10.3. The molecule has 0 fully saturated rings. The minimum absolute atomic E-state index is 0.0975. The van der Waals surface area contributed by atoms with Crippen molar-refractivity contribution in [3.8, 4) is 0 Å². The zero-order valence-corrected chi connectivity index (χ0v) is 8.95. The van der Waals surface area contributed by atoms with Gasteiger partial charge < -0.3 is 4.74 Å². The van der Waals surface area contributed by atoms with Crippen LogP contribution in [0.15, 0.2) is 0 Å². The summed E-state index contributed by atoms with van der Waals surface area (Å²) in [4.78, 5) is 10.7. The van der Waals surface area contributed by atoms with Crippen LogP contribution < -0.4 is 0 Å². The van der Waals surface area contributed by atoms with Crippen molar-refractivity contribution in [2.75, 3.05) is 12.9 Å². The van der Waals surface area contributed by atoms with Crippen molar-refractivity contribution in [2.24, 2.45) is 0 Å². The number of hydrogen-bond acceptors (Lipinski definition) is 3. The number of carbonyl (C=O) groups excluding carboxylic acids is 1. The van der Waals surface area contributed by atoms with Gasteiger partial charge in [-0.2, -0.15) is 11.8 Å². The molecule has 0 rings (SSSR count). The first-order valence-electron chi connectivity index (χ1n) is 4.39. The molecule has 1 atom stereocenters. The average molecular weight is 190 g/mol. The summed E-state index contributed by atoms with van der Waals surface area (Å²) in [6.07, 6.45) is 2.69. The van der Waals surface area contributed by atoms with E-state index in [-0.39, 0.29) is 5.97 Å². The van der Waals surface area contributed by atoms with Crippen LogP contribution in [-0.2, 0) is 9.53 Å². The van der Waals surface area contributed by atoms with Crippen LogP contribution in [0.3, 0.4) is 0 Å². The highest BCUT2D eigenvalue weighted by atomic mass is 32.2. The van der Waals surface area contributed by atoms with Crippen LogP contribution in [0.25, 0.3) is 0 Å². The van der Waals surface area contributed by atoms with Gasteiger partial charge in [0.15, 0.2) is 0 Å². The molecule has 0 radical (unpaired) electrons. The lowest BCUT2D eigenvalue weighted by Crippen LogP contribution is -2.01. The van der Waals surface area contributed by atoms with E-state index in [1.807, 2.05) is 11.8 Å². The number of hydrogen-bond donors (Lipinski definition) is 0. The van der Waals surface area contributed by atoms with Crippen LogP contribution in [0.5, 0.6) is 0 Å². The maximum atomic E-state index is 10.7. The highest BCUT2D eigenvalue weighted by Gasteiger charge is 2.01. The predicted molar refractivity (Wildman–Crippen MR) is 53.5 cm³/mol. The fraction of sp³-hybridized carbons (Fsp3) is 0.889. The number of carbonyl (C=O) groups is 1. The summed E-state index contributed by atoms with van der Waals surface area (Å²) < 4.78 is 4.54. The minimum Gasteiger partial charge on any atom is -0.469 e. The number of ether oxygens (including phenoxy) is 1. The van der Waals surface area contributed by atoms with E-state index in [2.05, 4.69) is 18.6 Å². The third kappa shape index (κ3) is 6.53. The maximum Gasteiger partial charge on any atom is 0.305 e. The van der Waals surface area contributed by atoms with Gasteiger partial charge in [-0.3, -0.25) is 4.79 Å². The second kappa shape index (κ2) is 7.47. The van der Waals surface area contributed by atoms with E-state index in [1.54, 1.807) is 0 Å². The minimum atomic E-state index is -0.0975. The SMILES string of the molecule is CCC(C)SCCCC(=O)OC. The Labute approximate surface area is 79.1 Å². The average Bonchev–Trinajstić information content (AvgIpc) is 2.11. The summed E-state index contributed by atoms with van der Waals surface area (Å²) in [5.74, 6) is 0.962. The highest BCUT2D eigenvalue weighted by molar-refractivity contribution is 7.99. The van der Waals surface area contributed by atoms with Crippen molar-refractivity contribution < 1.29 is 9.53 Å². The molecule has 0 saturated carbocycles. The Kier molecular flexibility index (Phi) is 7.36. The van der Waals surface area contributed by atoms with Gasteiger partial charge in [0.25, 0.3) is 0 Å². The Bertz CT molecular complexity index is 126. The molecule has 0 aromatic carbocycles. The molecule has 0 saturated heterocycles. The van der Waals surface area contributed by atoms with Crippen molar-refractivity contribution in [3.63, 3.8) is 0 Å². The molecule has 0 bridgehead atoms. The number of methoxy groups -OCH3 is 1. The Morgan fingerprint density at radius 2 is 2.25 bits per heavy atom. The molecule has 0 aliphatic heterocycles. The summed E-state index contributed by atoms with van der Waals surface area (Å²) in [6, 6.07) is 0. The molecule has 3 heteroatoms. The van der Waals surface area contributed by atoms with E-state index in [0.717, 1.165) is 12.2 Å². The van der Waals surface area contributed by atoms with E-state index >= 15 is 0 Å². The largest absolute Gasteiger partial charge is 0.469 e. The number of rotatable bonds is 6. The van der Waals surface area contributed by atoms with Crippen molar-refractivity contribution in [2.45, 2.75) is 38.4 Å². The number of thioether (sulfide) groups is 1. The number of esters is 1. The molecule has 0 aliphatic rings. The topological polar surface area (TPSA) is 26.3 Å². The van der Waals surface area contributed by atoms with Crippen LogP contribution >= 0.6 is 11.8 Å². The van der Waals surface area contributed by atoms with Crippen molar-refractivity contribution >= 4 is 17.7 Å². The van der Waals surface area contributed by atoms with E-state index in [0.29, 0.717) is 11.7 Å². The zero-order chi connectivity index (χ0) is 9.40. The monoisotopic (exact) mass is 190 g/mol. The Morgan fingerprint density at radius 3 is 2.75 bits per heavy atom. The van der Waals surface area contributed by atoms with Gasteiger partial charge in [0.05, 0.1) is 7.11 Å². The normalized spacial score (nSPS) is 12.6. The Balaban J connectivity index is 3.15. The Morgan fingerprint density at radius 1 is 1.58 bits per heavy atom. The molecule has 1 unspecified atom stereocenters. The lowest BCUT2D eigenvalue weighted by Gasteiger charge is -2.06. The molecular weight excluding hydrogens is 172 g/mol. The highest BCUT2D eigenvalue weighted by Crippen LogP contribution is 2.15. The lowest BCUT2D eigenvalue weighted by molar-refractivity contribution is -0.140. The van der Waals surface area contributed by atoms with E-state index in [1.165, 1.54) is 13.5 Å². The quantitative estimate of drug-likeness (QED) is 0.475. The van der Waals surface area contributed by atoms with Gasteiger partial charge in [0.2, 0.25) is 0 Å². The van der Waals surface area contributed by atoms with E-state index in [9.17, 15) is 4.79 Å². The third-order valence-electron chi connectivity index (χ3n) is 1.73. The maximum absolute atomic E-state index is 10.7. The first-order valence-corrected chi connectivity index (χ1v) is 5.44. The van der Waals surface area contributed by atoms with Crippen molar-refractivity contribution in [1.29, 1.82) is 0 Å². The summed E-state index contributed by atoms with van der Waals surface area (Å²) in [5.41, 5.74) is 0. The molecule has 2 nitrogen and oxygen atoms in total. The fourth-order valence-corrected chi connectivity index (χ4v) is 1.67. The smallest absolute Gasteiger partial charge is 0.305 e. The third-order valence-corrected chi connectivity index (χ3v) is 3.16. The zero-order valence-electron chi connectivity index (χ0n) is 8.13. The molecular formula is C9H18O2S. The summed E-state index contributed by atoms with van der Waals surface area (Å²) in [7, 11) is 1.43. The van der Waals surface area contributed by atoms with E-state index < -0.39 is 0 Å². The van der Waals surface area contributed by atoms with Crippen molar-refractivity contribution in [3.05, 3.63) is 0 Å². The van der Waals surface area contributed by atoms with Crippen LogP contribution in [0, 0.1) is 0 Å². The van der Waals surface area contributed by atoms with Crippen molar-refractivity contribution in [1.82, 2.24) is 0 Å². The summed E-state index contributed by atoms with van der Waals surface area (Å²) in [5, 5.41) is 0.711. The van der Waals surface area contributed by atoms with Gasteiger partial charge in [-0.15, -0.1) is 0 Å². The van der Waals surface area contributed by atoms with Gasteiger partial charge in [-0.05, 0) is 18.6 Å². The second-order valence-electron chi connectivity index (χ2n) is 2.77. The van der Waals surface area contributed by atoms with Crippen LogP contribution in [0.4, 0.5) is 0 Å².